The minimum Gasteiger partial charge on any atom is -0.364 e. The molecule has 0 radical (unpaired) electrons. The van der Waals surface area contributed by atoms with E-state index < -0.39 is 17.8 Å². The Morgan fingerprint density at radius 3 is 2.50 bits per heavy atom. The molecule has 2 amide bonds. The summed E-state index contributed by atoms with van der Waals surface area (Å²) in [5.74, 6) is -1.09. The molecule has 0 bridgehead atoms. The first kappa shape index (κ1) is 18.0. The van der Waals surface area contributed by atoms with Crippen molar-refractivity contribution >= 4 is 23.2 Å². The van der Waals surface area contributed by atoms with E-state index >= 15 is 0 Å². The highest BCUT2D eigenvalue weighted by Crippen LogP contribution is 2.21. The smallest absolute Gasteiger partial charge is 0.255 e. The third-order valence-electron chi connectivity index (χ3n) is 4.14. The van der Waals surface area contributed by atoms with Crippen molar-refractivity contribution in [3.8, 4) is 0 Å². The Kier molecular flexibility index (Phi) is 5.60. The average Bonchev–Trinajstić information content (AvgIpc) is 3.11. The van der Waals surface area contributed by atoms with Crippen LogP contribution < -0.4 is 16.4 Å². The number of hydrogen-bond donors (Lipinski definition) is 3. The Bertz CT molecular complexity index is 812. The summed E-state index contributed by atoms with van der Waals surface area (Å²) in [4.78, 5) is 24.6. The zero-order valence-corrected chi connectivity index (χ0v) is 14.1. The number of carbonyl (C=O) groups is 2. The van der Waals surface area contributed by atoms with Gasteiger partial charge in [-0.2, -0.15) is 0 Å². The molecule has 1 saturated heterocycles. The molecule has 4 N–H and O–H groups in total. The van der Waals surface area contributed by atoms with Gasteiger partial charge in [0.25, 0.3) is 11.8 Å². The zero-order chi connectivity index (χ0) is 18.5. The van der Waals surface area contributed by atoms with Gasteiger partial charge in [0.15, 0.2) is 0 Å². The molecular weight excluding hydrogens is 337 g/mol. The minimum atomic E-state index is -0.534. The highest BCUT2D eigenvalue weighted by atomic mass is 19.1. The van der Waals surface area contributed by atoms with Crippen LogP contribution >= 0.6 is 0 Å². The van der Waals surface area contributed by atoms with Crippen LogP contribution in [0, 0.1) is 5.82 Å². The fourth-order valence-corrected chi connectivity index (χ4v) is 2.80. The van der Waals surface area contributed by atoms with E-state index in [9.17, 15) is 14.0 Å². The van der Waals surface area contributed by atoms with Crippen molar-refractivity contribution in [3.63, 3.8) is 0 Å². The van der Waals surface area contributed by atoms with Crippen LogP contribution in [0.3, 0.4) is 0 Å². The maximum Gasteiger partial charge on any atom is 0.255 e. The molecule has 6 nitrogen and oxygen atoms in total. The number of rotatable bonds is 5. The van der Waals surface area contributed by atoms with Gasteiger partial charge in [-0.1, -0.05) is 12.1 Å². The van der Waals surface area contributed by atoms with Crippen molar-refractivity contribution in [1.29, 1.82) is 0 Å². The average molecular weight is 357 g/mol. The molecule has 1 fully saturated rings. The number of amides is 2. The van der Waals surface area contributed by atoms with E-state index in [1.54, 1.807) is 30.3 Å². The first-order valence-corrected chi connectivity index (χ1v) is 8.38. The molecule has 0 spiro atoms. The molecule has 0 unspecified atom stereocenters. The number of nitrogens with two attached hydrogens (primary N) is 1. The molecule has 1 heterocycles. The van der Waals surface area contributed by atoms with E-state index in [4.69, 9.17) is 10.5 Å². The largest absolute Gasteiger partial charge is 0.364 e. The molecule has 2 aromatic carbocycles. The molecule has 1 aliphatic rings. The van der Waals surface area contributed by atoms with Crippen molar-refractivity contribution in [3.05, 3.63) is 59.9 Å². The lowest BCUT2D eigenvalue weighted by Gasteiger charge is -2.13. The zero-order valence-electron chi connectivity index (χ0n) is 14.1. The Morgan fingerprint density at radius 1 is 1.08 bits per heavy atom. The Morgan fingerprint density at radius 2 is 1.81 bits per heavy atom. The summed E-state index contributed by atoms with van der Waals surface area (Å²) >= 11 is 0. The number of anilines is 2. The van der Waals surface area contributed by atoms with Gasteiger partial charge in [-0.3, -0.25) is 9.59 Å². The Labute approximate surface area is 150 Å². The molecule has 26 heavy (non-hydrogen) atoms. The fraction of sp³-hybridized carbons (Fsp3) is 0.263. The third kappa shape index (κ3) is 4.44. The molecule has 7 heteroatoms. The van der Waals surface area contributed by atoms with E-state index in [-0.39, 0.29) is 12.0 Å². The van der Waals surface area contributed by atoms with Crippen molar-refractivity contribution in [2.24, 2.45) is 5.73 Å². The minimum absolute atomic E-state index is 0.0888. The van der Waals surface area contributed by atoms with Crippen molar-refractivity contribution in [2.75, 3.05) is 17.2 Å². The van der Waals surface area contributed by atoms with Crippen LogP contribution in [0.5, 0.6) is 0 Å². The van der Waals surface area contributed by atoms with Crippen LogP contribution in [0.15, 0.2) is 48.5 Å². The van der Waals surface area contributed by atoms with Crippen molar-refractivity contribution in [2.45, 2.75) is 25.0 Å². The number of halogens is 1. The van der Waals surface area contributed by atoms with Crippen LogP contribution in [0.1, 0.15) is 23.2 Å². The molecule has 136 valence electrons. The molecule has 0 saturated carbocycles. The fourth-order valence-electron chi connectivity index (χ4n) is 2.80. The van der Waals surface area contributed by atoms with Gasteiger partial charge in [0.1, 0.15) is 11.9 Å². The van der Waals surface area contributed by atoms with E-state index in [1.807, 2.05) is 0 Å². The molecule has 0 aliphatic carbocycles. The van der Waals surface area contributed by atoms with Crippen molar-refractivity contribution in [1.82, 2.24) is 0 Å². The predicted octanol–water partition coefficient (Wildman–Crippen LogP) is 2.52. The summed E-state index contributed by atoms with van der Waals surface area (Å²) < 4.78 is 18.8. The lowest BCUT2D eigenvalue weighted by molar-refractivity contribution is -0.126. The molecular formula is C19H20FN3O3. The van der Waals surface area contributed by atoms with Crippen LogP contribution in [0.4, 0.5) is 15.8 Å². The Hall–Kier alpha value is -2.77. The maximum atomic E-state index is 13.2. The predicted molar refractivity (Wildman–Crippen MR) is 96.4 cm³/mol. The topological polar surface area (TPSA) is 93.5 Å². The van der Waals surface area contributed by atoms with Crippen molar-refractivity contribution < 1.29 is 18.7 Å². The van der Waals surface area contributed by atoms with Gasteiger partial charge in [-0.15, -0.1) is 0 Å². The molecule has 2 aromatic rings. The number of hydrogen-bond acceptors (Lipinski definition) is 4. The second kappa shape index (κ2) is 8.07. The van der Waals surface area contributed by atoms with Gasteiger partial charge < -0.3 is 21.1 Å². The standard InChI is InChI=1S/C19H20FN3O3/c20-13-4-2-6-15(10-13)22-18(24)12-3-1-5-14(9-12)23-19(25)17-8-7-16(11-21)26-17/h1-6,9-10,16-17H,7-8,11,21H2,(H,22,24)(H,23,25)/t16-,17+/m1/s1. The van der Waals surface area contributed by atoms with Gasteiger partial charge in [0.2, 0.25) is 0 Å². The summed E-state index contributed by atoms with van der Waals surface area (Å²) in [7, 11) is 0. The number of ether oxygens (including phenoxy) is 1. The molecule has 0 aromatic heterocycles. The van der Waals surface area contributed by atoms with E-state index in [1.165, 1.54) is 18.2 Å². The number of carbonyl (C=O) groups excluding carboxylic acids is 2. The van der Waals surface area contributed by atoms with E-state index in [2.05, 4.69) is 10.6 Å². The quantitative estimate of drug-likeness (QED) is 0.766. The van der Waals surface area contributed by atoms with Crippen LogP contribution in [-0.4, -0.2) is 30.6 Å². The third-order valence-corrected chi connectivity index (χ3v) is 4.14. The SMILES string of the molecule is NC[C@H]1CC[C@@H](C(=O)Nc2cccc(C(=O)Nc3cccc(F)c3)c2)O1. The molecule has 1 aliphatic heterocycles. The lowest BCUT2D eigenvalue weighted by Crippen LogP contribution is -2.29. The highest BCUT2D eigenvalue weighted by Gasteiger charge is 2.29. The van der Waals surface area contributed by atoms with Gasteiger partial charge in [0, 0.05) is 23.5 Å². The maximum absolute atomic E-state index is 13.2. The van der Waals surface area contributed by atoms with E-state index in [0.29, 0.717) is 29.9 Å². The van der Waals surface area contributed by atoms with Gasteiger partial charge in [-0.25, -0.2) is 4.39 Å². The lowest BCUT2D eigenvalue weighted by atomic mass is 10.1. The van der Waals surface area contributed by atoms with Gasteiger partial charge in [-0.05, 0) is 49.2 Å². The normalized spacial score (nSPS) is 19.2. The van der Waals surface area contributed by atoms with Gasteiger partial charge >= 0.3 is 0 Å². The number of benzene rings is 2. The highest BCUT2D eigenvalue weighted by molar-refractivity contribution is 6.05. The first-order chi connectivity index (χ1) is 12.5. The summed E-state index contributed by atoms with van der Waals surface area (Å²) in [6.45, 7) is 0.388. The molecule has 2 atom stereocenters. The van der Waals surface area contributed by atoms with Gasteiger partial charge in [0.05, 0.1) is 6.10 Å². The summed E-state index contributed by atoms with van der Waals surface area (Å²) in [6, 6.07) is 12.2. The Balaban J connectivity index is 1.64. The van der Waals surface area contributed by atoms with Crippen LogP contribution in [0.2, 0.25) is 0 Å². The second-order valence-corrected chi connectivity index (χ2v) is 6.09. The van der Waals surface area contributed by atoms with Crippen LogP contribution in [-0.2, 0) is 9.53 Å². The summed E-state index contributed by atoms with van der Waals surface area (Å²) in [5.41, 5.74) is 6.74. The summed E-state index contributed by atoms with van der Waals surface area (Å²) in [5, 5.41) is 5.37. The number of nitrogens with one attached hydrogen (secondary N) is 2. The first-order valence-electron chi connectivity index (χ1n) is 8.38. The van der Waals surface area contributed by atoms with E-state index in [0.717, 1.165) is 6.42 Å². The summed E-state index contributed by atoms with van der Waals surface area (Å²) in [6.07, 6.45) is 0.750. The molecule has 3 rings (SSSR count). The second-order valence-electron chi connectivity index (χ2n) is 6.09. The monoisotopic (exact) mass is 357 g/mol. The van der Waals surface area contributed by atoms with Crippen LogP contribution in [0.25, 0.3) is 0 Å².